The molecule has 1 N–H and O–H groups in total. The van der Waals surface area contributed by atoms with Crippen LogP contribution in [0, 0.1) is 0 Å². The van der Waals surface area contributed by atoms with E-state index < -0.39 is 0 Å². The first kappa shape index (κ1) is 24.4. The summed E-state index contributed by atoms with van der Waals surface area (Å²) in [5, 5.41) is 11.1. The van der Waals surface area contributed by atoms with Crippen LogP contribution in [-0.4, -0.2) is 5.71 Å². The molecule has 0 spiro atoms. The average molecular weight is 537 g/mol. The number of hydrogen-bond acceptors (Lipinski definition) is 2. The minimum Gasteiger partial charge on any atom is -0.378 e. The van der Waals surface area contributed by atoms with Gasteiger partial charge in [0.1, 0.15) is 0 Å². The number of aliphatic imine (C=N–C) groups is 1. The molecule has 2 aliphatic heterocycles. The van der Waals surface area contributed by atoms with Gasteiger partial charge < -0.3 is 5.32 Å². The molecular formula is C40H28N2. The molecule has 0 radical (unpaired) electrons. The van der Waals surface area contributed by atoms with Crippen molar-refractivity contribution in [1.82, 2.24) is 5.32 Å². The van der Waals surface area contributed by atoms with Crippen LogP contribution in [0.3, 0.4) is 0 Å². The lowest BCUT2D eigenvalue weighted by Crippen LogP contribution is -2.27. The van der Waals surface area contributed by atoms with Crippen molar-refractivity contribution < 1.29 is 0 Å². The Morgan fingerprint density at radius 3 is 2.26 bits per heavy atom. The summed E-state index contributed by atoms with van der Waals surface area (Å²) in [6, 6.07) is 33.3. The van der Waals surface area contributed by atoms with Crippen LogP contribution in [0.2, 0.25) is 0 Å². The number of dihydropyridines is 1. The van der Waals surface area contributed by atoms with Crippen LogP contribution in [0.5, 0.6) is 0 Å². The number of rotatable bonds is 5. The third-order valence-corrected chi connectivity index (χ3v) is 8.50. The van der Waals surface area contributed by atoms with Crippen molar-refractivity contribution >= 4 is 39.1 Å². The number of fused-ring (bicyclic) bond motifs is 3. The monoisotopic (exact) mass is 536 g/mol. The molecule has 1 atom stereocenters. The van der Waals surface area contributed by atoms with Crippen LogP contribution in [0.25, 0.3) is 55.6 Å². The lowest BCUT2D eigenvalue weighted by atomic mass is 9.88. The van der Waals surface area contributed by atoms with Gasteiger partial charge in [0, 0.05) is 22.7 Å². The van der Waals surface area contributed by atoms with E-state index in [9.17, 15) is 0 Å². The summed E-state index contributed by atoms with van der Waals surface area (Å²) in [5.74, 6) is 0. The molecule has 3 aliphatic rings. The maximum Gasteiger partial charge on any atom is 0.0698 e. The standard InChI is InChI=1S/C40H28N2/c1-26-27(19-21-33-23-24-41-33)20-22-38(42-26)29-14-16-30(17-15-29)39-34-9-4-5-10-35(34)40(37-12-6-11-36(37)39)32-18-13-28-7-2-3-8-31(28)25-32/h2-10,12-25,38,42H,1H3/b21-19-. The lowest BCUT2D eigenvalue weighted by molar-refractivity contribution is 0.699. The Hall–Kier alpha value is -5.43. The van der Waals surface area contributed by atoms with Gasteiger partial charge in [0.25, 0.3) is 0 Å². The Morgan fingerprint density at radius 2 is 1.50 bits per heavy atom. The fourth-order valence-corrected chi connectivity index (χ4v) is 6.30. The third kappa shape index (κ3) is 4.09. The summed E-state index contributed by atoms with van der Waals surface area (Å²) in [4.78, 5) is 4.22. The van der Waals surface area contributed by atoms with Crippen molar-refractivity contribution in [3.63, 3.8) is 0 Å². The maximum atomic E-state index is 4.22. The van der Waals surface area contributed by atoms with Gasteiger partial charge in [0.2, 0.25) is 0 Å². The second-order valence-corrected chi connectivity index (χ2v) is 11.0. The molecule has 0 bridgehead atoms. The minimum absolute atomic E-state index is 0.134. The van der Waals surface area contributed by atoms with Crippen LogP contribution < -0.4 is 15.8 Å². The zero-order valence-electron chi connectivity index (χ0n) is 23.3. The van der Waals surface area contributed by atoms with E-state index in [0.717, 1.165) is 11.4 Å². The summed E-state index contributed by atoms with van der Waals surface area (Å²) in [7, 11) is 0. The van der Waals surface area contributed by atoms with Crippen molar-refractivity contribution in [2.24, 2.45) is 4.99 Å². The van der Waals surface area contributed by atoms with Crippen LogP contribution in [0.1, 0.15) is 18.5 Å². The van der Waals surface area contributed by atoms with Crippen LogP contribution >= 0.6 is 0 Å². The Bertz CT molecular complexity index is 2250. The Morgan fingerprint density at radius 1 is 0.762 bits per heavy atom. The molecule has 0 aromatic heterocycles. The molecule has 0 amide bonds. The molecule has 42 heavy (non-hydrogen) atoms. The highest BCUT2D eigenvalue weighted by Crippen LogP contribution is 2.34. The molecule has 5 aromatic rings. The second kappa shape index (κ2) is 9.89. The highest BCUT2D eigenvalue weighted by molar-refractivity contribution is 6.08. The first-order valence-corrected chi connectivity index (χ1v) is 14.4. The fraction of sp³-hybridized carbons (Fsp3) is 0.0500. The van der Waals surface area contributed by atoms with Crippen molar-refractivity contribution in [2.75, 3.05) is 0 Å². The van der Waals surface area contributed by atoms with E-state index in [-0.39, 0.29) is 6.04 Å². The van der Waals surface area contributed by atoms with Gasteiger partial charge in [0.05, 0.1) is 11.8 Å². The third-order valence-electron chi connectivity index (χ3n) is 8.50. The summed E-state index contributed by atoms with van der Waals surface area (Å²) >= 11 is 0. The summed E-state index contributed by atoms with van der Waals surface area (Å²) < 4.78 is 0. The molecule has 5 aromatic carbocycles. The quantitative estimate of drug-likeness (QED) is 0.241. The Kier molecular flexibility index (Phi) is 5.74. The van der Waals surface area contributed by atoms with E-state index >= 15 is 0 Å². The van der Waals surface area contributed by atoms with Crippen LogP contribution in [0.4, 0.5) is 0 Å². The van der Waals surface area contributed by atoms with Gasteiger partial charge in [-0.3, -0.25) is 4.99 Å². The van der Waals surface area contributed by atoms with Gasteiger partial charge in [-0.05, 0) is 91.9 Å². The van der Waals surface area contributed by atoms with Crippen molar-refractivity contribution in [3.05, 3.63) is 161 Å². The van der Waals surface area contributed by atoms with E-state index in [1.165, 1.54) is 65.4 Å². The van der Waals surface area contributed by atoms with E-state index in [0.29, 0.717) is 0 Å². The molecule has 2 nitrogen and oxygen atoms in total. The highest BCUT2D eigenvalue weighted by atomic mass is 14.9. The zero-order chi connectivity index (χ0) is 28.0. The van der Waals surface area contributed by atoms with E-state index in [4.69, 9.17) is 0 Å². The predicted octanol–water partition coefficient (Wildman–Crippen LogP) is 8.06. The number of nitrogens with one attached hydrogen (secondary N) is 1. The lowest BCUT2D eigenvalue weighted by Gasteiger charge is -2.23. The SMILES string of the molecule is CC1=C(/C=C\C2=NC=C2)C=CC(c2ccc(-c3c4c(c(-c5ccc6ccccc6c5)c5ccccc35)=CC=C=4)cc2)N1. The van der Waals surface area contributed by atoms with E-state index in [1.54, 1.807) is 0 Å². The predicted molar refractivity (Wildman–Crippen MR) is 177 cm³/mol. The van der Waals surface area contributed by atoms with Crippen molar-refractivity contribution in [3.8, 4) is 22.3 Å². The van der Waals surface area contributed by atoms with Crippen LogP contribution in [-0.2, 0) is 0 Å². The van der Waals surface area contributed by atoms with Gasteiger partial charge in [-0.25, -0.2) is 0 Å². The molecule has 0 saturated heterocycles. The molecule has 1 aliphatic carbocycles. The molecule has 2 heteroatoms. The molecule has 8 rings (SSSR count). The fourth-order valence-electron chi connectivity index (χ4n) is 6.30. The summed E-state index contributed by atoms with van der Waals surface area (Å²) in [5.41, 5.74) is 13.1. The summed E-state index contributed by atoms with van der Waals surface area (Å²) in [6.45, 7) is 2.13. The number of allylic oxidation sites excluding steroid dienone is 7. The first-order valence-electron chi connectivity index (χ1n) is 14.4. The van der Waals surface area contributed by atoms with Gasteiger partial charge in [-0.15, -0.1) is 5.73 Å². The van der Waals surface area contributed by atoms with Crippen LogP contribution in [0.15, 0.2) is 150 Å². The Balaban J connectivity index is 1.19. The minimum atomic E-state index is 0.134. The molecular weight excluding hydrogens is 508 g/mol. The second-order valence-electron chi connectivity index (χ2n) is 11.0. The van der Waals surface area contributed by atoms with Gasteiger partial charge >= 0.3 is 0 Å². The highest BCUT2D eigenvalue weighted by Gasteiger charge is 2.18. The topological polar surface area (TPSA) is 24.4 Å². The maximum absolute atomic E-state index is 4.22. The molecule has 198 valence electrons. The Labute approximate surface area is 245 Å². The van der Waals surface area contributed by atoms with Gasteiger partial charge in [-0.2, -0.15) is 0 Å². The summed E-state index contributed by atoms with van der Waals surface area (Å²) in [6.07, 6.45) is 16.7. The van der Waals surface area contributed by atoms with E-state index in [2.05, 4.69) is 150 Å². The first-order chi connectivity index (χ1) is 20.7. The van der Waals surface area contributed by atoms with Crippen molar-refractivity contribution in [1.29, 1.82) is 0 Å². The zero-order valence-corrected chi connectivity index (χ0v) is 23.3. The van der Waals surface area contributed by atoms with Gasteiger partial charge in [0.15, 0.2) is 0 Å². The molecule has 1 unspecified atom stereocenters. The molecule has 0 fully saturated rings. The van der Waals surface area contributed by atoms with E-state index in [1.807, 2.05) is 12.3 Å². The average Bonchev–Trinajstić information content (AvgIpc) is 3.49. The number of benzene rings is 5. The molecule has 2 heterocycles. The largest absolute Gasteiger partial charge is 0.378 e. The normalized spacial score (nSPS) is 16.8. The van der Waals surface area contributed by atoms with Gasteiger partial charge in [-0.1, -0.05) is 103 Å². The smallest absolute Gasteiger partial charge is 0.0698 e. The number of hydrogen-bond donors (Lipinski definition) is 1. The van der Waals surface area contributed by atoms with Crippen molar-refractivity contribution in [2.45, 2.75) is 13.0 Å². The molecule has 0 saturated carbocycles. The number of nitrogens with zero attached hydrogens (tertiary/aromatic N) is 1.